The van der Waals surface area contributed by atoms with E-state index in [-0.39, 0.29) is 31.2 Å². The Kier molecular flexibility index (Phi) is 5.05. The lowest BCUT2D eigenvalue weighted by Crippen LogP contribution is -2.57. The van der Waals surface area contributed by atoms with Crippen LogP contribution in [0.3, 0.4) is 0 Å². The van der Waals surface area contributed by atoms with E-state index in [2.05, 4.69) is 16.0 Å². The maximum absolute atomic E-state index is 12.6. The molecule has 148 valence electrons. The second-order valence-corrected chi connectivity index (χ2v) is 7.49. The number of carbonyl (C=O) groups is 3. The molecule has 2 unspecified atom stereocenters. The van der Waals surface area contributed by atoms with Crippen LogP contribution in [0.5, 0.6) is 0 Å². The highest BCUT2D eigenvalue weighted by atomic mass is 19.4. The Morgan fingerprint density at radius 1 is 1.30 bits per heavy atom. The number of allylic oxidation sites excluding steroid dienone is 4. The second-order valence-electron chi connectivity index (χ2n) is 7.49. The molecule has 3 rings (SSSR count). The highest BCUT2D eigenvalue weighted by Gasteiger charge is 2.56. The molecule has 2 atom stereocenters. The summed E-state index contributed by atoms with van der Waals surface area (Å²) in [6.45, 7) is 1.70. The summed E-state index contributed by atoms with van der Waals surface area (Å²) in [5.74, 6) is -1.17. The highest BCUT2D eigenvalue weighted by Crippen LogP contribution is 2.41. The molecule has 4 amide bonds. The van der Waals surface area contributed by atoms with Crippen LogP contribution in [-0.2, 0) is 9.59 Å². The summed E-state index contributed by atoms with van der Waals surface area (Å²) in [6, 6.07) is -0.561. The monoisotopic (exact) mass is 385 g/mol. The molecule has 6 nitrogen and oxygen atoms in total. The first kappa shape index (κ1) is 19.4. The van der Waals surface area contributed by atoms with Crippen molar-refractivity contribution in [2.24, 2.45) is 11.8 Å². The number of rotatable bonds is 6. The van der Waals surface area contributed by atoms with E-state index in [4.69, 9.17) is 0 Å². The lowest BCUT2D eigenvalue weighted by Gasteiger charge is -2.27. The third kappa shape index (κ3) is 4.17. The van der Waals surface area contributed by atoms with Gasteiger partial charge in [0, 0.05) is 11.5 Å². The Hall–Kier alpha value is -2.32. The number of amides is 4. The number of alkyl halides is 3. The predicted molar refractivity (Wildman–Crippen MR) is 90.4 cm³/mol. The summed E-state index contributed by atoms with van der Waals surface area (Å²) in [5, 5.41) is 7.57. The van der Waals surface area contributed by atoms with Gasteiger partial charge in [-0.2, -0.15) is 13.2 Å². The molecular formula is C18H22F3N3O3. The summed E-state index contributed by atoms with van der Waals surface area (Å²) in [5.41, 5.74) is -0.867. The molecule has 0 aromatic carbocycles. The van der Waals surface area contributed by atoms with Gasteiger partial charge in [0.15, 0.2) is 0 Å². The average Bonchev–Trinajstić information content (AvgIpc) is 3.39. The minimum absolute atomic E-state index is 0.00605. The van der Waals surface area contributed by atoms with Crippen LogP contribution < -0.4 is 16.0 Å². The Bertz CT molecular complexity index is 725. The van der Waals surface area contributed by atoms with Crippen LogP contribution in [0.25, 0.3) is 0 Å². The van der Waals surface area contributed by atoms with Crippen molar-refractivity contribution >= 4 is 17.8 Å². The van der Waals surface area contributed by atoms with Crippen LogP contribution in [0.15, 0.2) is 23.3 Å². The SMILES string of the molecule is CC(CC1=CC=C(C(F)(F)F)CC1)C(=O)NCC1(C2CC2)NC(=O)NC1=O. The maximum Gasteiger partial charge on any atom is 0.412 e. The largest absolute Gasteiger partial charge is 0.412 e. The fourth-order valence-electron chi connectivity index (χ4n) is 3.61. The minimum Gasteiger partial charge on any atom is -0.353 e. The molecule has 1 saturated carbocycles. The predicted octanol–water partition coefficient (Wildman–Crippen LogP) is 2.33. The summed E-state index contributed by atoms with van der Waals surface area (Å²) >= 11 is 0. The molecule has 0 bridgehead atoms. The van der Waals surface area contributed by atoms with E-state index in [1.54, 1.807) is 6.92 Å². The van der Waals surface area contributed by atoms with Crippen molar-refractivity contribution < 1.29 is 27.6 Å². The van der Waals surface area contributed by atoms with Crippen molar-refractivity contribution in [2.75, 3.05) is 6.54 Å². The molecule has 0 aromatic heterocycles. The van der Waals surface area contributed by atoms with E-state index in [0.29, 0.717) is 6.42 Å². The quantitative estimate of drug-likeness (QED) is 0.614. The number of hydrogen-bond donors (Lipinski definition) is 3. The van der Waals surface area contributed by atoms with Gasteiger partial charge in [-0.15, -0.1) is 0 Å². The van der Waals surface area contributed by atoms with Crippen molar-refractivity contribution in [3.05, 3.63) is 23.3 Å². The topological polar surface area (TPSA) is 87.3 Å². The van der Waals surface area contributed by atoms with Crippen molar-refractivity contribution in [1.82, 2.24) is 16.0 Å². The summed E-state index contributed by atoms with van der Waals surface area (Å²) < 4.78 is 37.9. The number of urea groups is 1. The molecule has 0 radical (unpaired) electrons. The average molecular weight is 385 g/mol. The van der Waals surface area contributed by atoms with Crippen molar-refractivity contribution in [1.29, 1.82) is 0 Å². The standard InChI is InChI=1S/C18H22F3N3O3/c1-10(8-11-2-4-13(5-3-11)18(19,20)21)14(25)22-9-17(12-6-7-12)15(26)23-16(27)24-17/h2,4,10,12H,3,5-9H2,1H3,(H,22,25)(H2,23,24,26,27). The fraction of sp³-hybridized carbons (Fsp3) is 0.611. The van der Waals surface area contributed by atoms with E-state index in [9.17, 15) is 27.6 Å². The van der Waals surface area contributed by atoms with Crippen LogP contribution in [-0.4, -0.2) is 36.1 Å². The fourth-order valence-corrected chi connectivity index (χ4v) is 3.61. The van der Waals surface area contributed by atoms with Crippen LogP contribution in [0.4, 0.5) is 18.0 Å². The molecule has 3 aliphatic rings. The van der Waals surface area contributed by atoms with Gasteiger partial charge in [0.25, 0.3) is 5.91 Å². The minimum atomic E-state index is -4.31. The van der Waals surface area contributed by atoms with Crippen molar-refractivity contribution in [2.45, 2.75) is 50.7 Å². The van der Waals surface area contributed by atoms with Gasteiger partial charge in [0.1, 0.15) is 5.54 Å². The molecule has 0 spiro atoms. The molecule has 1 aliphatic heterocycles. The van der Waals surface area contributed by atoms with Gasteiger partial charge in [0.05, 0.1) is 6.54 Å². The first-order valence-corrected chi connectivity index (χ1v) is 8.99. The van der Waals surface area contributed by atoms with Crippen LogP contribution in [0, 0.1) is 11.8 Å². The van der Waals surface area contributed by atoms with Crippen molar-refractivity contribution in [3.63, 3.8) is 0 Å². The lowest BCUT2D eigenvalue weighted by molar-refractivity contribution is -0.127. The van der Waals surface area contributed by atoms with Gasteiger partial charge in [-0.1, -0.05) is 24.6 Å². The molecule has 0 aromatic rings. The van der Waals surface area contributed by atoms with Gasteiger partial charge in [-0.05, 0) is 38.0 Å². The maximum atomic E-state index is 12.6. The summed E-state index contributed by atoms with van der Waals surface area (Å²) in [6.07, 6.45) is 0.348. The van der Waals surface area contributed by atoms with Gasteiger partial charge in [-0.25, -0.2) is 4.79 Å². The molecule has 2 fully saturated rings. The van der Waals surface area contributed by atoms with E-state index in [1.165, 1.54) is 6.08 Å². The smallest absolute Gasteiger partial charge is 0.353 e. The summed E-state index contributed by atoms with van der Waals surface area (Å²) in [7, 11) is 0. The zero-order chi connectivity index (χ0) is 19.8. The van der Waals surface area contributed by atoms with Crippen LogP contribution in [0.1, 0.15) is 39.0 Å². The summed E-state index contributed by atoms with van der Waals surface area (Å²) in [4.78, 5) is 36.0. The zero-order valence-electron chi connectivity index (χ0n) is 14.9. The highest BCUT2D eigenvalue weighted by molar-refractivity contribution is 6.07. The molecule has 1 heterocycles. The molecule has 2 aliphatic carbocycles. The van der Waals surface area contributed by atoms with Gasteiger partial charge in [0.2, 0.25) is 5.91 Å². The first-order chi connectivity index (χ1) is 12.6. The van der Waals surface area contributed by atoms with E-state index in [0.717, 1.165) is 24.5 Å². The number of halogens is 3. The Morgan fingerprint density at radius 3 is 2.48 bits per heavy atom. The number of nitrogens with one attached hydrogen (secondary N) is 3. The third-order valence-electron chi connectivity index (χ3n) is 5.40. The normalized spacial score (nSPS) is 26.7. The zero-order valence-corrected chi connectivity index (χ0v) is 14.9. The van der Waals surface area contributed by atoms with E-state index >= 15 is 0 Å². The Balaban J connectivity index is 1.56. The van der Waals surface area contributed by atoms with E-state index < -0.39 is 35.1 Å². The Labute approximate surface area is 154 Å². The lowest BCUT2D eigenvalue weighted by atomic mass is 9.90. The number of carbonyl (C=O) groups excluding carboxylic acids is 3. The van der Waals surface area contributed by atoms with Gasteiger partial charge >= 0.3 is 12.2 Å². The molecular weight excluding hydrogens is 363 g/mol. The number of hydrogen-bond acceptors (Lipinski definition) is 3. The Morgan fingerprint density at radius 2 is 2.00 bits per heavy atom. The van der Waals surface area contributed by atoms with Crippen LogP contribution >= 0.6 is 0 Å². The van der Waals surface area contributed by atoms with Crippen LogP contribution in [0.2, 0.25) is 0 Å². The van der Waals surface area contributed by atoms with E-state index in [1.807, 2.05) is 0 Å². The van der Waals surface area contributed by atoms with Crippen molar-refractivity contribution in [3.8, 4) is 0 Å². The first-order valence-electron chi connectivity index (χ1n) is 8.99. The molecule has 1 saturated heterocycles. The number of imide groups is 1. The molecule has 27 heavy (non-hydrogen) atoms. The van der Waals surface area contributed by atoms with Gasteiger partial charge < -0.3 is 10.6 Å². The molecule has 3 N–H and O–H groups in total. The molecule has 9 heteroatoms. The van der Waals surface area contributed by atoms with Gasteiger partial charge in [-0.3, -0.25) is 14.9 Å². The third-order valence-corrected chi connectivity index (χ3v) is 5.40. The second kappa shape index (κ2) is 7.01.